The van der Waals surface area contributed by atoms with E-state index in [0.717, 1.165) is 30.2 Å². The number of nitrogens with one attached hydrogen (secondary N) is 1. The molecule has 7 nitrogen and oxygen atoms in total. The molecule has 7 heteroatoms. The molecular formula is C31H26N2O5. The lowest BCUT2D eigenvalue weighted by atomic mass is 9.77. The standard InChI is InChI=1S/C31H26N2O5/c1-3-33(4-2)22-12-14-24-28(18-22)37-27-15-11-21(32-20-8-6-5-7-9-20)17-26(27)31(24)25-16-19(29(34)35)10-13-23(25)30(36)38-31/h5-18,32H,3-4H2,1-2H3,(H,34,35)/t31-/m0/s1. The maximum absolute atomic E-state index is 13.2. The van der Waals surface area contributed by atoms with Gasteiger partial charge in [0.2, 0.25) is 0 Å². The van der Waals surface area contributed by atoms with Crippen LogP contribution in [0.1, 0.15) is 51.3 Å². The highest BCUT2D eigenvalue weighted by molar-refractivity contribution is 5.99. The Morgan fingerprint density at radius 1 is 0.842 bits per heavy atom. The van der Waals surface area contributed by atoms with Gasteiger partial charge in [0.1, 0.15) is 11.5 Å². The number of benzene rings is 4. The normalized spacial score (nSPS) is 16.6. The summed E-state index contributed by atoms with van der Waals surface area (Å²) in [4.78, 5) is 27.4. The average Bonchev–Trinajstić information content (AvgIpc) is 3.22. The Kier molecular flexibility index (Phi) is 5.56. The summed E-state index contributed by atoms with van der Waals surface area (Å²) in [5.74, 6) is -0.489. The number of esters is 1. The minimum atomic E-state index is -1.36. The molecule has 0 fully saturated rings. The number of hydrogen-bond donors (Lipinski definition) is 2. The Labute approximate surface area is 220 Å². The minimum absolute atomic E-state index is 0.0781. The Morgan fingerprint density at radius 2 is 1.63 bits per heavy atom. The topological polar surface area (TPSA) is 88.1 Å². The fourth-order valence-corrected chi connectivity index (χ4v) is 5.39. The lowest BCUT2D eigenvalue weighted by molar-refractivity contribution is 0.0224. The largest absolute Gasteiger partial charge is 0.478 e. The van der Waals surface area contributed by atoms with Crippen molar-refractivity contribution in [1.82, 2.24) is 0 Å². The van der Waals surface area contributed by atoms with Crippen molar-refractivity contribution < 1.29 is 24.2 Å². The first-order chi connectivity index (χ1) is 18.4. The molecule has 2 aliphatic heterocycles. The van der Waals surface area contributed by atoms with Gasteiger partial charge in [0, 0.05) is 52.9 Å². The van der Waals surface area contributed by atoms with E-state index in [2.05, 4.69) is 24.1 Å². The molecule has 2 N–H and O–H groups in total. The Bertz CT molecular complexity index is 1580. The molecule has 0 unspecified atom stereocenters. The van der Waals surface area contributed by atoms with Crippen LogP contribution in [0.15, 0.2) is 84.9 Å². The molecule has 190 valence electrons. The van der Waals surface area contributed by atoms with Crippen molar-refractivity contribution in [2.75, 3.05) is 23.3 Å². The second kappa shape index (κ2) is 8.95. The lowest BCUT2D eigenvalue weighted by Gasteiger charge is -2.37. The molecule has 0 aromatic heterocycles. The molecule has 2 heterocycles. The highest BCUT2D eigenvalue weighted by Gasteiger charge is 2.54. The van der Waals surface area contributed by atoms with Crippen molar-refractivity contribution in [2.24, 2.45) is 0 Å². The fourth-order valence-electron chi connectivity index (χ4n) is 5.39. The van der Waals surface area contributed by atoms with Gasteiger partial charge in [0.15, 0.2) is 5.60 Å². The molecule has 0 amide bonds. The van der Waals surface area contributed by atoms with Gasteiger partial charge < -0.3 is 24.8 Å². The number of aromatic carboxylic acids is 1. The number of anilines is 3. The minimum Gasteiger partial charge on any atom is -0.478 e. The van der Waals surface area contributed by atoms with Crippen LogP contribution in [-0.4, -0.2) is 30.1 Å². The highest BCUT2D eigenvalue weighted by atomic mass is 16.6. The van der Waals surface area contributed by atoms with E-state index in [0.29, 0.717) is 33.8 Å². The quantitative estimate of drug-likeness (QED) is 0.287. The third kappa shape index (κ3) is 3.58. The van der Waals surface area contributed by atoms with Crippen LogP contribution in [-0.2, 0) is 10.3 Å². The summed E-state index contributed by atoms with van der Waals surface area (Å²) in [6, 6.07) is 25.8. The number of nitrogens with zero attached hydrogens (tertiary/aromatic N) is 1. The van der Waals surface area contributed by atoms with Crippen LogP contribution in [0, 0.1) is 0 Å². The molecule has 0 bridgehead atoms. The molecule has 1 atom stereocenters. The van der Waals surface area contributed by atoms with E-state index in [1.54, 1.807) is 0 Å². The summed E-state index contributed by atoms with van der Waals surface area (Å²) in [6.07, 6.45) is 0. The number of carboxylic acid groups (broad SMARTS) is 1. The molecule has 0 radical (unpaired) electrons. The zero-order valence-electron chi connectivity index (χ0n) is 21.0. The van der Waals surface area contributed by atoms with E-state index in [1.807, 2.05) is 66.7 Å². The second-order valence-electron chi connectivity index (χ2n) is 9.29. The van der Waals surface area contributed by atoms with Crippen LogP contribution in [0.25, 0.3) is 0 Å². The number of hydrogen-bond acceptors (Lipinski definition) is 6. The molecule has 0 saturated heterocycles. The summed E-state index contributed by atoms with van der Waals surface area (Å²) in [5.41, 5.74) is 3.47. The van der Waals surface area contributed by atoms with Gasteiger partial charge in [-0.1, -0.05) is 18.2 Å². The molecule has 4 aromatic carbocycles. The van der Waals surface area contributed by atoms with Gasteiger partial charge in [-0.2, -0.15) is 0 Å². The van der Waals surface area contributed by atoms with E-state index in [-0.39, 0.29) is 5.56 Å². The number of carbonyl (C=O) groups excluding carboxylic acids is 1. The fraction of sp³-hybridized carbons (Fsp3) is 0.161. The van der Waals surface area contributed by atoms with Gasteiger partial charge in [0.25, 0.3) is 0 Å². The Hall–Kier alpha value is -4.78. The van der Waals surface area contributed by atoms with E-state index in [9.17, 15) is 14.7 Å². The van der Waals surface area contributed by atoms with Gasteiger partial charge in [-0.25, -0.2) is 9.59 Å². The van der Waals surface area contributed by atoms with Crippen LogP contribution in [0.5, 0.6) is 11.5 Å². The molecular weight excluding hydrogens is 480 g/mol. The molecule has 2 aliphatic rings. The van der Waals surface area contributed by atoms with Crippen LogP contribution < -0.4 is 15.0 Å². The van der Waals surface area contributed by atoms with Gasteiger partial charge in [-0.3, -0.25) is 0 Å². The monoisotopic (exact) mass is 506 g/mol. The number of carboxylic acids is 1. The van der Waals surface area contributed by atoms with Gasteiger partial charge in [-0.05, 0) is 74.5 Å². The lowest BCUT2D eigenvalue weighted by Crippen LogP contribution is -2.33. The summed E-state index contributed by atoms with van der Waals surface area (Å²) in [5, 5.41) is 13.1. The zero-order valence-corrected chi connectivity index (χ0v) is 21.0. The summed E-state index contributed by atoms with van der Waals surface area (Å²) in [6.45, 7) is 5.82. The number of para-hydroxylation sites is 1. The van der Waals surface area contributed by atoms with E-state index in [1.165, 1.54) is 18.2 Å². The van der Waals surface area contributed by atoms with Gasteiger partial charge in [-0.15, -0.1) is 0 Å². The summed E-state index contributed by atoms with van der Waals surface area (Å²) < 4.78 is 12.7. The van der Waals surface area contributed by atoms with Crippen molar-refractivity contribution in [3.8, 4) is 11.5 Å². The highest BCUT2D eigenvalue weighted by Crippen LogP contribution is 2.57. The van der Waals surface area contributed by atoms with Crippen LogP contribution in [0.3, 0.4) is 0 Å². The van der Waals surface area contributed by atoms with Crippen LogP contribution in [0.2, 0.25) is 0 Å². The Balaban J connectivity index is 1.59. The zero-order chi connectivity index (χ0) is 26.4. The van der Waals surface area contributed by atoms with Gasteiger partial charge >= 0.3 is 11.9 Å². The average molecular weight is 507 g/mol. The first kappa shape index (κ1) is 23.6. The molecule has 6 rings (SSSR count). The maximum Gasteiger partial charge on any atom is 0.340 e. The molecule has 0 saturated carbocycles. The first-order valence-electron chi connectivity index (χ1n) is 12.6. The molecule has 1 spiro atoms. The summed E-state index contributed by atoms with van der Waals surface area (Å²) >= 11 is 0. The second-order valence-corrected chi connectivity index (χ2v) is 9.29. The predicted molar refractivity (Wildman–Crippen MR) is 145 cm³/mol. The van der Waals surface area contributed by atoms with E-state index in [4.69, 9.17) is 9.47 Å². The van der Waals surface area contributed by atoms with Crippen molar-refractivity contribution >= 4 is 29.0 Å². The van der Waals surface area contributed by atoms with Crippen molar-refractivity contribution in [1.29, 1.82) is 0 Å². The molecule has 0 aliphatic carbocycles. The first-order valence-corrected chi connectivity index (χ1v) is 12.6. The van der Waals surface area contributed by atoms with Crippen LogP contribution in [0.4, 0.5) is 17.1 Å². The predicted octanol–water partition coefficient (Wildman–Crippen LogP) is 6.54. The van der Waals surface area contributed by atoms with Gasteiger partial charge in [0.05, 0.1) is 11.1 Å². The van der Waals surface area contributed by atoms with E-state index >= 15 is 0 Å². The Morgan fingerprint density at radius 3 is 2.37 bits per heavy atom. The third-order valence-electron chi connectivity index (χ3n) is 7.23. The summed E-state index contributed by atoms with van der Waals surface area (Å²) in [7, 11) is 0. The number of fused-ring (bicyclic) bond motifs is 6. The molecule has 4 aromatic rings. The number of carbonyl (C=O) groups is 2. The smallest absolute Gasteiger partial charge is 0.340 e. The number of ether oxygens (including phenoxy) is 2. The molecule has 38 heavy (non-hydrogen) atoms. The third-order valence-corrected chi connectivity index (χ3v) is 7.23. The maximum atomic E-state index is 13.2. The van der Waals surface area contributed by atoms with E-state index < -0.39 is 17.5 Å². The SMILES string of the molecule is CCN(CC)c1ccc2c(c1)Oc1ccc(Nc3ccccc3)cc1[C@]21OC(=O)c2ccc(C(=O)O)cc21. The van der Waals surface area contributed by atoms with Crippen molar-refractivity contribution in [2.45, 2.75) is 19.4 Å². The van der Waals surface area contributed by atoms with Crippen molar-refractivity contribution in [3.05, 3.63) is 113 Å². The number of rotatable bonds is 6. The van der Waals surface area contributed by atoms with Crippen molar-refractivity contribution in [3.63, 3.8) is 0 Å². The van der Waals surface area contributed by atoms with Crippen LogP contribution >= 0.6 is 0 Å².